The van der Waals surface area contributed by atoms with Crippen LogP contribution in [0.5, 0.6) is 11.5 Å². The number of anilines is 1. The molecule has 8 nitrogen and oxygen atoms in total. The lowest BCUT2D eigenvalue weighted by Crippen LogP contribution is -2.41. The Hall–Kier alpha value is -3.43. The third-order valence-electron chi connectivity index (χ3n) is 8.05. The molecule has 238 valence electrons. The van der Waals surface area contributed by atoms with Crippen LogP contribution in [-0.2, 0) is 32.2 Å². The van der Waals surface area contributed by atoms with Gasteiger partial charge in [-0.15, -0.1) is 0 Å². The van der Waals surface area contributed by atoms with Crippen LogP contribution in [0.15, 0.2) is 66.7 Å². The maximum absolute atomic E-state index is 12.8. The average Bonchev–Trinajstić information content (AvgIpc) is 3.06. The average molecular weight is 605 g/mol. The summed E-state index contributed by atoms with van der Waals surface area (Å²) in [4.78, 5) is 14.6. The van der Waals surface area contributed by atoms with Gasteiger partial charge in [-0.05, 0) is 61.7 Å². The van der Waals surface area contributed by atoms with E-state index >= 15 is 0 Å². The maximum atomic E-state index is 12.8. The van der Waals surface area contributed by atoms with Gasteiger partial charge in [0.2, 0.25) is 5.91 Å². The first kappa shape index (κ1) is 33.5. The number of hydrogen-bond donors (Lipinski definition) is 1. The van der Waals surface area contributed by atoms with Crippen molar-refractivity contribution >= 4 is 11.6 Å². The number of nitrogens with zero attached hydrogens (tertiary/aromatic N) is 1. The zero-order valence-electron chi connectivity index (χ0n) is 26.7. The van der Waals surface area contributed by atoms with E-state index < -0.39 is 0 Å². The zero-order valence-corrected chi connectivity index (χ0v) is 26.7. The Morgan fingerprint density at radius 3 is 2.55 bits per heavy atom. The maximum Gasteiger partial charge on any atom is 0.226 e. The van der Waals surface area contributed by atoms with Gasteiger partial charge in [0.25, 0.3) is 0 Å². The van der Waals surface area contributed by atoms with E-state index in [0.29, 0.717) is 45.9 Å². The highest BCUT2D eigenvalue weighted by Gasteiger charge is 2.28. The lowest BCUT2D eigenvalue weighted by atomic mass is 9.87. The summed E-state index contributed by atoms with van der Waals surface area (Å²) >= 11 is 0. The molecule has 0 saturated carbocycles. The number of ether oxygens (including phenoxy) is 5. The molecule has 0 aliphatic carbocycles. The molecule has 1 heterocycles. The largest absolute Gasteiger partial charge is 0.496 e. The summed E-state index contributed by atoms with van der Waals surface area (Å²) in [5, 5.41) is 3.49. The number of amides is 1. The summed E-state index contributed by atoms with van der Waals surface area (Å²) in [6.45, 7) is 6.52. The van der Waals surface area contributed by atoms with Gasteiger partial charge in [0.05, 0.1) is 39.6 Å². The number of carbonyl (C=O) groups excluding carboxylic acids is 1. The van der Waals surface area contributed by atoms with E-state index in [1.54, 1.807) is 19.1 Å². The monoisotopic (exact) mass is 604 g/mol. The standard InChI is InChI=1S/C36H48N2O6/c1-27-12-13-29(33(23-27)38(2)36(39)11-7-20-40-3)26-44-35-24-37-19-18-32(35)28-14-16-31(17-15-28)43-22-8-21-42-25-30-9-5-6-10-34(30)41-4/h5-6,9-10,12-17,23,32,35,37H,7-8,11,18-22,24-26H2,1-4H3. The molecule has 1 aliphatic heterocycles. The first-order chi connectivity index (χ1) is 21.5. The number of nitrogens with one attached hydrogen (secondary N) is 1. The van der Waals surface area contributed by atoms with E-state index in [9.17, 15) is 4.79 Å². The normalized spacial score (nSPS) is 16.5. The van der Waals surface area contributed by atoms with Gasteiger partial charge in [-0.25, -0.2) is 0 Å². The number of rotatable bonds is 17. The lowest BCUT2D eigenvalue weighted by Gasteiger charge is -2.33. The predicted octanol–water partition coefficient (Wildman–Crippen LogP) is 6.04. The van der Waals surface area contributed by atoms with Crippen molar-refractivity contribution < 1.29 is 28.5 Å². The van der Waals surface area contributed by atoms with Crippen molar-refractivity contribution in [1.82, 2.24) is 5.32 Å². The van der Waals surface area contributed by atoms with Crippen LogP contribution in [0.25, 0.3) is 0 Å². The number of piperidine rings is 1. The highest BCUT2D eigenvalue weighted by atomic mass is 16.5. The molecule has 0 bridgehead atoms. The van der Waals surface area contributed by atoms with Crippen LogP contribution in [0.4, 0.5) is 5.69 Å². The van der Waals surface area contributed by atoms with Gasteiger partial charge in [-0.3, -0.25) is 4.79 Å². The molecule has 1 saturated heterocycles. The van der Waals surface area contributed by atoms with Gasteiger partial charge in [0, 0.05) is 62.9 Å². The fourth-order valence-corrected chi connectivity index (χ4v) is 5.53. The second kappa shape index (κ2) is 17.8. The van der Waals surface area contributed by atoms with E-state index in [2.05, 4.69) is 35.6 Å². The summed E-state index contributed by atoms with van der Waals surface area (Å²) in [6.07, 6.45) is 2.97. The number of hydrogen-bond acceptors (Lipinski definition) is 7. The molecule has 3 aromatic rings. The van der Waals surface area contributed by atoms with Gasteiger partial charge in [-0.1, -0.05) is 42.5 Å². The third kappa shape index (κ3) is 9.79. The number of aryl methyl sites for hydroxylation is 1. The van der Waals surface area contributed by atoms with Crippen molar-refractivity contribution in [3.05, 3.63) is 89.0 Å². The Kier molecular flexibility index (Phi) is 13.5. The van der Waals surface area contributed by atoms with Crippen molar-refractivity contribution in [2.24, 2.45) is 0 Å². The predicted molar refractivity (Wildman–Crippen MR) is 174 cm³/mol. The van der Waals surface area contributed by atoms with Crippen LogP contribution in [0, 0.1) is 6.92 Å². The summed E-state index contributed by atoms with van der Waals surface area (Å²) in [6, 6.07) is 22.5. The molecular weight excluding hydrogens is 556 g/mol. The molecular formula is C36H48N2O6. The second-order valence-electron chi connectivity index (χ2n) is 11.3. The fraction of sp³-hybridized carbons (Fsp3) is 0.472. The fourth-order valence-electron chi connectivity index (χ4n) is 5.53. The second-order valence-corrected chi connectivity index (χ2v) is 11.3. The van der Waals surface area contributed by atoms with Crippen LogP contribution in [-0.4, -0.2) is 66.2 Å². The zero-order chi connectivity index (χ0) is 31.1. The Balaban J connectivity index is 1.27. The molecule has 1 aliphatic rings. The summed E-state index contributed by atoms with van der Waals surface area (Å²) in [5.74, 6) is 2.05. The molecule has 2 atom stereocenters. The van der Waals surface area contributed by atoms with E-state index in [4.69, 9.17) is 23.7 Å². The van der Waals surface area contributed by atoms with Crippen LogP contribution in [0.2, 0.25) is 0 Å². The summed E-state index contributed by atoms with van der Waals surface area (Å²) in [7, 11) is 5.18. The van der Waals surface area contributed by atoms with E-state index in [1.807, 2.05) is 50.4 Å². The van der Waals surface area contributed by atoms with Gasteiger partial charge in [0.15, 0.2) is 0 Å². The molecule has 0 aromatic heterocycles. The summed E-state index contributed by atoms with van der Waals surface area (Å²) in [5.41, 5.74) is 5.32. The van der Waals surface area contributed by atoms with E-state index in [-0.39, 0.29) is 17.9 Å². The van der Waals surface area contributed by atoms with E-state index in [1.165, 1.54) is 5.56 Å². The first-order valence-corrected chi connectivity index (χ1v) is 15.6. The Bertz CT molecular complexity index is 1300. The minimum Gasteiger partial charge on any atom is -0.496 e. The van der Waals surface area contributed by atoms with E-state index in [0.717, 1.165) is 59.8 Å². The topological polar surface area (TPSA) is 78.5 Å². The van der Waals surface area contributed by atoms with Crippen molar-refractivity contribution in [2.75, 3.05) is 59.1 Å². The number of methoxy groups -OCH3 is 2. The number of benzene rings is 3. The molecule has 1 amide bonds. The molecule has 2 unspecified atom stereocenters. The van der Waals surface area contributed by atoms with Gasteiger partial charge < -0.3 is 33.9 Å². The van der Waals surface area contributed by atoms with Gasteiger partial charge in [0.1, 0.15) is 11.5 Å². The molecule has 3 aromatic carbocycles. The minimum atomic E-state index is 0.0211. The van der Waals surface area contributed by atoms with Gasteiger partial charge in [-0.2, -0.15) is 0 Å². The van der Waals surface area contributed by atoms with Crippen molar-refractivity contribution in [3.63, 3.8) is 0 Å². The Morgan fingerprint density at radius 1 is 0.932 bits per heavy atom. The van der Waals surface area contributed by atoms with Crippen LogP contribution >= 0.6 is 0 Å². The summed E-state index contributed by atoms with van der Waals surface area (Å²) < 4.78 is 28.9. The molecule has 1 fully saturated rings. The number of carbonyl (C=O) groups is 1. The molecule has 0 radical (unpaired) electrons. The quantitative estimate of drug-likeness (QED) is 0.188. The van der Waals surface area contributed by atoms with Crippen molar-refractivity contribution in [2.45, 2.75) is 57.8 Å². The minimum absolute atomic E-state index is 0.0211. The van der Waals surface area contributed by atoms with Crippen molar-refractivity contribution in [3.8, 4) is 11.5 Å². The Morgan fingerprint density at radius 2 is 1.75 bits per heavy atom. The Labute approximate surface area is 262 Å². The third-order valence-corrected chi connectivity index (χ3v) is 8.05. The van der Waals surface area contributed by atoms with Gasteiger partial charge >= 0.3 is 0 Å². The highest BCUT2D eigenvalue weighted by Crippen LogP contribution is 2.31. The smallest absolute Gasteiger partial charge is 0.226 e. The van der Waals surface area contributed by atoms with Crippen LogP contribution in [0.1, 0.15) is 53.9 Å². The van der Waals surface area contributed by atoms with Crippen molar-refractivity contribution in [1.29, 1.82) is 0 Å². The molecule has 1 N–H and O–H groups in total. The van der Waals surface area contributed by atoms with Crippen LogP contribution < -0.4 is 19.7 Å². The molecule has 4 rings (SSSR count). The van der Waals surface area contributed by atoms with Crippen LogP contribution in [0.3, 0.4) is 0 Å². The molecule has 8 heteroatoms. The number of para-hydroxylation sites is 1. The SMILES string of the molecule is COCCCC(=O)N(C)c1cc(C)ccc1COC1CNCCC1c1ccc(OCCCOCc2ccccc2OC)cc1. The molecule has 44 heavy (non-hydrogen) atoms. The lowest BCUT2D eigenvalue weighted by molar-refractivity contribution is -0.118. The first-order valence-electron chi connectivity index (χ1n) is 15.6. The highest BCUT2D eigenvalue weighted by molar-refractivity contribution is 5.93. The molecule has 0 spiro atoms.